The Hall–Kier alpha value is -1.25. The number of aromatic amines is 1. The molecule has 1 heterocycles. The second-order valence-electron chi connectivity index (χ2n) is 4.57. The van der Waals surface area contributed by atoms with Gasteiger partial charge in [0.2, 0.25) is 0 Å². The lowest BCUT2D eigenvalue weighted by atomic mass is 10.2. The first kappa shape index (κ1) is 17.1. The molecule has 6 nitrogen and oxygen atoms in total. The molecule has 0 atom stereocenters. The van der Waals surface area contributed by atoms with Crippen LogP contribution in [0, 0.1) is 0 Å². The highest BCUT2D eigenvalue weighted by Crippen LogP contribution is 2.28. The third-order valence-electron chi connectivity index (χ3n) is 3.04. The quantitative estimate of drug-likeness (QED) is 0.556. The number of thioether (sulfide) groups is 1. The molecule has 0 saturated heterocycles. The zero-order valence-corrected chi connectivity index (χ0v) is 14.9. The number of nitrogens with one attached hydrogen (secondary N) is 1. The van der Waals surface area contributed by atoms with E-state index in [1.54, 1.807) is 18.8 Å². The molecule has 120 valence electrons. The summed E-state index contributed by atoms with van der Waals surface area (Å²) in [6.07, 6.45) is 0.775. The van der Waals surface area contributed by atoms with Crippen molar-refractivity contribution in [1.29, 1.82) is 0 Å². The van der Waals surface area contributed by atoms with E-state index in [2.05, 4.69) is 26.1 Å². The molecule has 1 aromatic carbocycles. The summed E-state index contributed by atoms with van der Waals surface area (Å²) >= 11 is 4.99. The SMILES string of the molecule is COCCCn1c(SCc2ccc(OC)c(Br)c2)n[nH]c1=O. The lowest BCUT2D eigenvalue weighted by Gasteiger charge is -2.07. The van der Waals surface area contributed by atoms with E-state index in [-0.39, 0.29) is 5.69 Å². The molecule has 0 aliphatic heterocycles. The van der Waals surface area contributed by atoms with Crippen LogP contribution in [0.5, 0.6) is 5.75 Å². The molecular weight excluding hydrogens is 370 g/mol. The van der Waals surface area contributed by atoms with Gasteiger partial charge in [-0.15, -0.1) is 5.10 Å². The van der Waals surface area contributed by atoms with Crippen molar-refractivity contribution in [1.82, 2.24) is 14.8 Å². The van der Waals surface area contributed by atoms with Gasteiger partial charge < -0.3 is 9.47 Å². The van der Waals surface area contributed by atoms with Gasteiger partial charge in [0.25, 0.3) is 0 Å². The summed E-state index contributed by atoms with van der Waals surface area (Å²) in [7, 11) is 3.28. The molecule has 0 spiro atoms. The summed E-state index contributed by atoms with van der Waals surface area (Å²) in [5, 5.41) is 7.26. The van der Waals surface area contributed by atoms with Crippen LogP contribution in [-0.2, 0) is 17.0 Å². The van der Waals surface area contributed by atoms with Gasteiger partial charge in [-0.25, -0.2) is 9.89 Å². The van der Waals surface area contributed by atoms with Gasteiger partial charge in [0, 0.05) is 26.0 Å². The summed E-state index contributed by atoms with van der Waals surface area (Å²) in [5.74, 6) is 1.52. The lowest BCUT2D eigenvalue weighted by Crippen LogP contribution is -2.18. The summed E-state index contributed by atoms with van der Waals surface area (Å²) in [6.45, 7) is 1.21. The summed E-state index contributed by atoms with van der Waals surface area (Å²) in [5.41, 5.74) is 0.936. The minimum Gasteiger partial charge on any atom is -0.496 e. The van der Waals surface area contributed by atoms with Crippen LogP contribution < -0.4 is 10.4 Å². The maximum Gasteiger partial charge on any atom is 0.343 e. The Morgan fingerprint density at radius 3 is 2.91 bits per heavy atom. The molecule has 2 rings (SSSR count). The molecule has 0 unspecified atom stereocenters. The first-order chi connectivity index (χ1) is 10.7. The Kier molecular flexibility index (Phi) is 6.53. The van der Waals surface area contributed by atoms with Gasteiger partial charge in [-0.05, 0) is 40.0 Å². The molecule has 1 N–H and O–H groups in total. The lowest BCUT2D eigenvalue weighted by molar-refractivity contribution is 0.189. The van der Waals surface area contributed by atoms with Crippen LogP contribution in [0.3, 0.4) is 0 Å². The Balaban J connectivity index is 2.02. The highest BCUT2D eigenvalue weighted by atomic mass is 79.9. The predicted molar refractivity (Wildman–Crippen MR) is 89.6 cm³/mol. The molecule has 0 fully saturated rings. The topological polar surface area (TPSA) is 69.1 Å². The predicted octanol–water partition coefficient (Wildman–Crippen LogP) is 2.67. The van der Waals surface area contributed by atoms with E-state index in [1.807, 2.05) is 18.2 Å². The van der Waals surface area contributed by atoms with E-state index in [9.17, 15) is 4.79 Å². The fraction of sp³-hybridized carbons (Fsp3) is 0.429. The fourth-order valence-electron chi connectivity index (χ4n) is 1.93. The van der Waals surface area contributed by atoms with Crippen molar-refractivity contribution in [2.45, 2.75) is 23.9 Å². The number of benzene rings is 1. The van der Waals surface area contributed by atoms with E-state index in [1.165, 1.54) is 11.8 Å². The molecule has 2 aromatic rings. The third kappa shape index (κ3) is 4.37. The standard InChI is InChI=1S/C14H18BrN3O3S/c1-20-7-3-6-18-13(19)16-17-14(18)22-9-10-4-5-12(21-2)11(15)8-10/h4-5,8H,3,6-7,9H2,1-2H3,(H,16,19). The monoisotopic (exact) mass is 387 g/mol. The van der Waals surface area contributed by atoms with E-state index < -0.39 is 0 Å². The van der Waals surface area contributed by atoms with Crippen molar-refractivity contribution in [2.75, 3.05) is 20.8 Å². The summed E-state index contributed by atoms with van der Waals surface area (Å²) in [4.78, 5) is 11.7. The van der Waals surface area contributed by atoms with Crippen molar-refractivity contribution in [2.24, 2.45) is 0 Å². The van der Waals surface area contributed by atoms with Crippen LogP contribution in [0.1, 0.15) is 12.0 Å². The molecule has 0 radical (unpaired) electrons. The number of hydrogen-bond donors (Lipinski definition) is 1. The second kappa shape index (κ2) is 8.40. The van der Waals surface area contributed by atoms with Gasteiger partial charge in [0.05, 0.1) is 11.6 Å². The molecular formula is C14H18BrN3O3S. The van der Waals surface area contributed by atoms with Crippen LogP contribution in [-0.4, -0.2) is 35.6 Å². The molecule has 1 aromatic heterocycles. The number of ether oxygens (including phenoxy) is 2. The Labute approximate surface area is 141 Å². The normalized spacial score (nSPS) is 10.9. The smallest absolute Gasteiger partial charge is 0.343 e. The van der Waals surface area contributed by atoms with Crippen molar-refractivity contribution in [3.8, 4) is 5.75 Å². The van der Waals surface area contributed by atoms with Crippen LogP contribution in [0.2, 0.25) is 0 Å². The Bertz CT molecular complexity index is 672. The Morgan fingerprint density at radius 1 is 1.41 bits per heavy atom. The molecule has 0 saturated carbocycles. The number of rotatable bonds is 8. The van der Waals surface area contributed by atoms with Gasteiger partial charge in [-0.3, -0.25) is 4.57 Å². The molecule has 0 aliphatic carbocycles. The van der Waals surface area contributed by atoms with Crippen molar-refractivity contribution < 1.29 is 9.47 Å². The number of nitrogens with zero attached hydrogens (tertiary/aromatic N) is 2. The number of methoxy groups -OCH3 is 2. The highest BCUT2D eigenvalue weighted by molar-refractivity contribution is 9.10. The van der Waals surface area contributed by atoms with E-state index in [4.69, 9.17) is 9.47 Å². The minimum atomic E-state index is -0.186. The van der Waals surface area contributed by atoms with Crippen LogP contribution in [0.15, 0.2) is 32.6 Å². The maximum absolute atomic E-state index is 11.7. The number of aromatic nitrogens is 3. The van der Waals surface area contributed by atoms with Crippen LogP contribution in [0.4, 0.5) is 0 Å². The van der Waals surface area contributed by atoms with Gasteiger partial charge >= 0.3 is 5.69 Å². The van der Waals surface area contributed by atoms with Crippen molar-refractivity contribution >= 4 is 27.7 Å². The molecule has 0 bridgehead atoms. The zero-order chi connectivity index (χ0) is 15.9. The average Bonchev–Trinajstić information content (AvgIpc) is 2.86. The Morgan fingerprint density at radius 2 is 2.23 bits per heavy atom. The molecule has 0 amide bonds. The van der Waals surface area contributed by atoms with E-state index >= 15 is 0 Å². The van der Waals surface area contributed by atoms with Gasteiger partial charge in [0.1, 0.15) is 5.75 Å². The zero-order valence-electron chi connectivity index (χ0n) is 12.5. The van der Waals surface area contributed by atoms with Crippen molar-refractivity contribution in [3.63, 3.8) is 0 Å². The fourth-order valence-corrected chi connectivity index (χ4v) is 3.43. The third-order valence-corrected chi connectivity index (χ3v) is 4.70. The largest absolute Gasteiger partial charge is 0.496 e. The first-order valence-corrected chi connectivity index (χ1v) is 8.53. The first-order valence-electron chi connectivity index (χ1n) is 6.75. The van der Waals surface area contributed by atoms with E-state index in [0.29, 0.717) is 18.3 Å². The van der Waals surface area contributed by atoms with Crippen LogP contribution in [0.25, 0.3) is 0 Å². The van der Waals surface area contributed by atoms with Gasteiger partial charge in [-0.2, -0.15) is 0 Å². The number of H-pyrrole nitrogens is 1. The number of halogens is 1. The van der Waals surface area contributed by atoms with Gasteiger partial charge in [-0.1, -0.05) is 17.8 Å². The minimum absolute atomic E-state index is 0.186. The summed E-state index contributed by atoms with van der Waals surface area (Å²) < 4.78 is 12.8. The van der Waals surface area contributed by atoms with Crippen LogP contribution >= 0.6 is 27.7 Å². The number of hydrogen-bond acceptors (Lipinski definition) is 5. The maximum atomic E-state index is 11.7. The molecule has 22 heavy (non-hydrogen) atoms. The van der Waals surface area contributed by atoms with Crippen molar-refractivity contribution in [3.05, 3.63) is 38.7 Å². The van der Waals surface area contributed by atoms with Gasteiger partial charge in [0.15, 0.2) is 5.16 Å². The summed E-state index contributed by atoms with van der Waals surface area (Å²) in [6, 6.07) is 5.92. The highest BCUT2D eigenvalue weighted by Gasteiger charge is 2.09. The second-order valence-corrected chi connectivity index (χ2v) is 6.36. The molecule has 0 aliphatic rings. The average molecular weight is 388 g/mol. The molecule has 8 heteroatoms. The van der Waals surface area contributed by atoms with E-state index in [0.717, 1.165) is 28.0 Å².